The lowest BCUT2D eigenvalue weighted by atomic mass is 10.1. The van der Waals surface area contributed by atoms with E-state index in [-0.39, 0.29) is 5.91 Å². The topological polar surface area (TPSA) is 83.6 Å². The van der Waals surface area contributed by atoms with Crippen molar-refractivity contribution in [3.63, 3.8) is 0 Å². The molecule has 1 heterocycles. The molecule has 1 aliphatic rings. The summed E-state index contributed by atoms with van der Waals surface area (Å²) in [7, 11) is 0. The maximum atomic E-state index is 12.4. The summed E-state index contributed by atoms with van der Waals surface area (Å²) < 4.78 is 0. The van der Waals surface area contributed by atoms with Crippen molar-refractivity contribution in [2.24, 2.45) is 5.73 Å². The van der Waals surface area contributed by atoms with Gasteiger partial charge in [0.2, 0.25) is 5.91 Å². The van der Waals surface area contributed by atoms with Crippen LogP contribution in [0.2, 0.25) is 0 Å². The predicted octanol–water partition coefficient (Wildman–Crippen LogP) is 1.16. The smallest absolute Gasteiger partial charge is 0.327 e. The molecule has 1 amide bonds. The Morgan fingerprint density at radius 2 is 2.16 bits per heavy atom. The highest BCUT2D eigenvalue weighted by atomic mass is 16.4. The first-order valence-corrected chi connectivity index (χ1v) is 6.45. The van der Waals surface area contributed by atoms with Crippen molar-refractivity contribution >= 4 is 17.6 Å². The van der Waals surface area contributed by atoms with Crippen molar-refractivity contribution in [3.05, 3.63) is 29.8 Å². The monoisotopic (exact) mass is 262 g/mol. The standard InChI is InChI=1S/C14H18N2O3/c1-2-5-10(15)13(17)16-11-7-4-3-6-9(11)8-12(16)14(18)19/h3-4,6-7,10,12H,2,5,8,15H2,1H3,(H,18,19)/t10-,12+/m1/s1. The van der Waals surface area contributed by atoms with Gasteiger partial charge in [-0.2, -0.15) is 0 Å². The number of carboxylic acids is 1. The second-order valence-corrected chi connectivity index (χ2v) is 4.79. The van der Waals surface area contributed by atoms with Gasteiger partial charge in [0, 0.05) is 12.1 Å². The van der Waals surface area contributed by atoms with Crippen molar-refractivity contribution in [1.82, 2.24) is 0 Å². The molecule has 1 aromatic carbocycles. The maximum absolute atomic E-state index is 12.4. The summed E-state index contributed by atoms with van der Waals surface area (Å²) in [5.74, 6) is -1.30. The fourth-order valence-corrected chi connectivity index (χ4v) is 2.47. The lowest BCUT2D eigenvalue weighted by Gasteiger charge is -2.25. The first-order chi connectivity index (χ1) is 9.06. The lowest BCUT2D eigenvalue weighted by Crippen LogP contribution is -2.50. The van der Waals surface area contributed by atoms with Gasteiger partial charge < -0.3 is 10.8 Å². The molecule has 0 radical (unpaired) electrons. The zero-order valence-electron chi connectivity index (χ0n) is 10.9. The van der Waals surface area contributed by atoms with Gasteiger partial charge >= 0.3 is 5.97 Å². The average molecular weight is 262 g/mol. The number of carboxylic acid groups (broad SMARTS) is 1. The van der Waals surface area contributed by atoms with Crippen molar-refractivity contribution < 1.29 is 14.7 Å². The van der Waals surface area contributed by atoms with Gasteiger partial charge in [0.05, 0.1) is 6.04 Å². The Balaban J connectivity index is 2.34. The summed E-state index contributed by atoms with van der Waals surface area (Å²) in [5.41, 5.74) is 7.40. The summed E-state index contributed by atoms with van der Waals surface area (Å²) in [6.07, 6.45) is 1.69. The number of anilines is 1. The highest BCUT2D eigenvalue weighted by Crippen LogP contribution is 2.32. The van der Waals surface area contributed by atoms with Crippen LogP contribution in [0.1, 0.15) is 25.3 Å². The van der Waals surface area contributed by atoms with E-state index in [4.69, 9.17) is 5.73 Å². The Kier molecular flexibility index (Phi) is 3.85. The molecule has 1 aliphatic heterocycles. The minimum Gasteiger partial charge on any atom is -0.480 e. The molecule has 0 saturated carbocycles. The van der Waals surface area contributed by atoms with Gasteiger partial charge in [-0.15, -0.1) is 0 Å². The summed E-state index contributed by atoms with van der Waals surface area (Å²) in [5, 5.41) is 9.28. The number of nitrogens with two attached hydrogens (primary N) is 1. The van der Waals surface area contributed by atoms with Crippen LogP contribution in [-0.2, 0) is 16.0 Å². The maximum Gasteiger partial charge on any atom is 0.327 e. The van der Waals surface area contributed by atoms with E-state index in [0.29, 0.717) is 18.5 Å². The number of para-hydroxylation sites is 1. The molecule has 2 atom stereocenters. The lowest BCUT2D eigenvalue weighted by molar-refractivity contribution is -0.140. The molecule has 3 N–H and O–H groups in total. The largest absolute Gasteiger partial charge is 0.480 e. The van der Waals surface area contributed by atoms with Crippen LogP contribution in [0, 0.1) is 0 Å². The quantitative estimate of drug-likeness (QED) is 0.852. The number of benzene rings is 1. The highest BCUT2D eigenvalue weighted by Gasteiger charge is 2.39. The van der Waals surface area contributed by atoms with E-state index in [1.807, 2.05) is 19.1 Å². The van der Waals surface area contributed by atoms with Gasteiger partial charge in [-0.1, -0.05) is 31.5 Å². The molecule has 0 unspecified atom stereocenters. The number of amides is 1. The molecule has 0 spiro atoms. The Bertz CT molecular complexity index is 501. The number of carbonyl (C=O) groups excluding carboxylic acids is 1. The van der Waals surface area contributed by atoms with Crippen LogP contribution in [0.15, 0.2) is 24.3 Å². The molecule has 19 heavy (non-hydrogen) atoms. The van der Waals surface area contributed by atoms with E-state index in [1.165, 1.54) is 4.90 Å². The third-order valence-electron chi connectivity index (χ3n) is 3.42. The van der Waals surface area contributed by atoms with Crippen LogP contribution < -0.4 is 10.6 Å². The number of hydrogen-bond donors (Lipinski definition) is 2. The van der Waals surface area contributed by atoms with E-state index >= 15 is 0 Å². The molecular formula is C14H18N2O3. The highest BCUT2D eigenvalue weighted by molar-refractivity contribution is 6.04. The molecule has 0 aliphatic carbocycles. The minimum atomic E-state index is -0.992. The van der Waals surface area contributed by atoms with E-state index in [9.17, 15) is 14.7 Å². The number of aliphatic carboxylic acids is 1. The zero-order valence-corrected chi connectivity index (χ0v) is 10.9. The third-order valence-corrected chi connectivity index (χ3v) is 3.42. The predicted molar refractivity (Wildman–Crippen MR) is 71.9 cm³/mol. The van der Waals surface area contributed by atoms with E-state index in [2.05, 4.69) is 0 Å². The van der Waals surface area contributed by atoms with Gasteiger partial charge in [0.25, 0.3) is 0 Å². The zero-order chi connectivity index (χ0) is 14.0. The molecule has 102 valence electrons. The fraction of sp³-hybridized carbons (Fsp3) is 0.429. The third kappa shape index (κ3) is 2.46. The van der Waals surface area contributed by atoms with Crippen molar-refractivity contribution in [2.75, 3.05) is 4.90 Å². The molecule has 1 aromatic rings. The molecule has 0 aromatic heterocycles. The summed E-state index contributed by atoms with van der Waals surface area (Å²) in [6, 6.07) is 5.79. The molecule has 2 rings (SSSR count). The van der Waals surface area contributed by atoms with Crippen LogP contribution in [-0.4, -0.2) is 29.1 Å². The minimum absolute atomic E-state index is 0.306. The van der Waals surface area contributed by atoms with E-state index in [1.54, 1.807) is 12.1 Å². The number of fused-ring (bicyclic) bond motifs is 1. The van der Waals surface area contributed by atoms with Crippen LogP contribution >= 0.6 is 0 Å². The summed E-state index contributed by atoms with van der Waals surface area (Å²) >= 11 is 0. The second-order valence-electron chi connectivity index (χ2n) is 4.79. The number of carbonyl (C=O) groups is 2. The van der Waals surface area contributed by atoms with Crippen LogP contribution in [0.25, 0.3) is 0 Å². The first-order valence-electron chi connectivity index (χ1n) is 6.45. The Morgan fingerprint density at radius 1 is 1.47 bits per heavy atom. The van der Waals surface area contributed by atoms with E-state index < -0.39 is 18.1 Å². The van der Waals surface area contributed by atoms with Crippen molar-refractivity contribution in [2.45, 2.75) is 38.3 Å². The normalized spacial score (nSPS) is 19.1. The van der Waals surface area contributed by atoms with Gasteiger partial charge in [-0.25, -0.2) is 4.79 Å². The van der Waals surface area contributed by atoms with Gasteiger partial charge in [-0.05, 0) is 18.1 Å². The van der Waals surface area contributed by atoms with Crippen LogP contribution in [0.4, 0.5) is 5.69 Å². The fourth-order valence-electron chi connectivity index (χ4n) is 2.47. The first kappa shape index (κ1) is 13.5. The van der Waals surface area contributed by atoms with Gasteiger partial charge in [-0.3, -0.25) is 9.69 Å². The summed E-state index contributed by atoms with van der Waals surface area (Å²) in [4.78, 5) is 25.0. The Morgan fingerprint density at radius 3 is 2.79 bits per heavy atom. The van der Waals surface area contributed by atoms with Crippen LogP contribution in [0.5, 0.6) is 0 Å². The van der Waals surface area contributed by atoms with Gasteiger partial charge in [0.15, 0.2) is 0 Å². The van der Waals surface area contributed by atoms with Crippen molar-refractivity contribution in [1.29, 1.82) is 0 Å². The summed E-state index contributed by atoms with van der Waals surface area (Å²) in [6.45, 7) is 1.94. The Hall–Kier alpha value is -1.88. The molecule has 5 heteroatoms. The molecule has 0 fully saturated rings. The molecule has 0 saturated heterocycles. The molecule has 5 nitrogen and oxygen atoms in total. The van der Waals surface area contributed by atoms with E-state index in [0.717, 1.165) is 12.0 Å². The van der Waals surface area contributed by atoms with Crippen molar-refractivity contribution in [3.8, 4) is 0 Å². The van der Waals surface area contributed by atoms with Crippen LogP contribution in [0.3, 0.4) is 0 Å². The average Bonchev–Trinajstić information content (AvgIpc) is 2.77. The van der Waals surface area contributed by atoms with Gasteiger partial charge in [0.1, 0.15) is 6.04 Å². The molecule has 0 bridgehead atoms. The number of nitrogens with zero attached hydrogens (tertiary/aromatic N) is 1. The number of hydrogen-bond acceptors (Lipinski definition) is 3. The second kappa shape index (κ2) is 5.40. The Labute approximate surface area is 112 Å². The SMILES string of the molecule is CCC[C@@H](N)C(=O)N1c2ccccc2C[C@H]1C(=O)O. The molecular weight excluding hydrogens is 244 g/mol. The number of rotatable bonds is 4.